The Kier molecular flexibility index (Phi) is 9.59. The first-order valence-electron chi connectivity index (χ1n) is 20.2. The van der Waals surface area contributed by atoms with Crippen LogP contribution in [0.1, 0.15) is 77.2 Å². The van der Waals surface area contributed by atoms with Crippen LogP contribution in [0.15, 0.2) is 30.3 Å². The first kappa shape index (κ1) is 37.4. The summed E-state index contributed by atoms with van der Waals surface area (Å²) in [5.41, 5.74) is -0.670. The summed E-state index contributed by atoms with van der Waals surface area (Å²) in [4.78, 5) is 19.1. The summed E-state index contributed by atoms with van der Waals surface area (Å²) in [5.74, 6) is 1.53. The van der Waals surface area contributed by atoms with Crippen molar-refractivity contribution >= 4 is 27.5 Å². The number of nitrogens with zero attached hydrogens (tertiary/aromatic N) is 5. The van der Waals surface area contributed by atoms with Gasteiger partial charge in [-0.2, -0.15) is 9.97 Å². The van der Waals surface area contributed by atoms with Crippen molar-refractivity contribution in [2.45, 2.75) is 95.4 Å². The highest BCUT2D eigenvalue weighted by Gasteiger charge is 2.55. The number of rotatable bonds is 7. The van der Waals surface area contributed by atoms with E-state index in [1.165, 1.54) is 26.0 Å². The maximum absolute atomic E-state index is 17.4. The third-order valence-electron chi connectivity index (χ3n) is 13.5. The normalized spacial score (nSPS) is 28.2. The van der Waals surface area contributed by atoms with E-state index in [1.54, 1.807) is 31.2 Å². The van der Waals surface area contributed by atoms with Gasteiger partial charge in [0.1, 0.15) is 33.8 Å². The van der Waals surface area contributed by atoms with E-state index in [1.807, 2.05) is 11.8 Å². The third kappa shape index (κ3) is 6.45. The van der Waals surface area contributed by atoms with E-state index in [-0.39, 0.29) is 58.7 Å². The Labute approximate surface area is 326 Å². The van der Waals surface area contributed by atoms with Gasteiger partial charge in [0.15, 0.2) is 5.82 Å². The first-order valence-corrected chi connectivity index (χ1v) is 20.2. The Bertz CT molecular complexity index is 2200. The molecule has 2 aromatic carbocycles. The SMILES string of the molecule is C#Cc1c(F)ccc2cccc(-c3nc(OC)c4c(N5C[C@H](C)OC[C@@](C)(O)C5)nc(OCC56CCCC5N(C5CC7(CCOCC7)C5)CCC6)nc4c3F)c12. The van der Waals surface area contributed by atoms with Crippen molar-refractivity contribution in [1.82, 2.24) is 19.9 Å². The van der Waals surface area contributed by atoms with Gasteiger partial charge in [0.2, 0.25) is 5.88 Å². The van der Waals surface area contributed by atoms with Crippen molar-refractivity contribution in [3.63, 3.8) is 0 Å². The molecule has 0 bridgehead atoms. The Balaban J connectivity index is 1.13. The lowest BCUT2D eigenvalue weighted by atomic mass is 9.60. The number of halogens is 2. The number of hydrogen-bond donors (Lipinski definition) is 1. The van der Waals surface area contributed by atoms with Gasteiger partial charge in [-0.3, -0.25) is 4.90 Å². The molecular weight excluding hydrogens is 717 g/mol. The van der Waals surface area contributed by atoms with Crippen LogP contribution in [0.5, 0.6) is 11.9 Å². The Morgan fingerprint density at radius 3 is 2.62 bits per heavy atom. The molecule has 5 fully saturated rings. The molecule has 9 rings (SSSR count). The van der Waals surface area contributed by atoms with E-state index < -0.39 is 17.2 Å². The highest BCUT2D eigenvalue weighted by atomic mass is 19.1. The van der Waals surface area contributed by atoms with Crippen molar-refractivity contribution < 1.29 is 32.8 Å². The Morgan fingerprint density at radius 2 is 1.84 bits per heavy atom. The average molecular weight is 768 g/mol. The molecule has 5 aliphatic rings. The van der Waals surface area contributed by atoms with Crippen molar-refractivity contribution in [1.29, 1.82) is 0 Å². The fraction of sp³-hybridized carbons (Fsp3) is 0.568. The summed E-state index contributed by atoms with van der Waals surface area (Å²) < 4.78 is 56.7. The van der Waals surface area contributed by atoms with E-state index in [0.717, 1.165) is 64.7 Å². The number of fused-ring (bicyclic) bond motifs is 3. The second-order valence-electron chi connectivity index (χ2n) is 17.4. The van der Waals surface area contributed by atoms with Crippen LogP contribution in [0.25, 0.3) is 32.9 Å². The number of β-amino-alcohol motifs (C(OH)–C–C–N with tert-alkyl or cyclic N) is 1. The van der Waals surface area contributed by atoms with Crippen LogP contribution >= 0.6 is 0 Å². The van der Waals surface area contributed by atoms with E-state index >= 15 is 8.78 Å². The summed E-state index contributed by atoms with van der Waals surface area (Å²) in [7, 11) is 1.46. The van der Waals surface area contributed by atoms with Crippen LogP contribution in [-0.2, 0) is 9.47 Å². The van der Waals surface area contributed by atoms with Gasteiger partial charge >= 0.3 is 6.01 Å². The number of benzene rings is 2. The van der Waals surface area contributed by atoms with E-state index in [0.29, 0.717) is 52.8 Å². The number of anilines is 1. The predicted octanol–water partition coefficient (Wildman–Crippen LogP) is 7.06. The van der Waals surface area contributed by atoms with Crippen molar-refractivity contribution in [3.05, 3.63) is 47.5 Å². The van der Waals surface area contributed by atoms with Crippen LogP contribution < -0.4 is 14.4 Å². The van der Waals surface area contributed by atoms with Crippen LogP contribution in [0, 0.1) is 34.8 Å². The zero-order valence-electron chi connectivity index (χ0n) is 32.6. The van der Waals surface area contributed by atoms with E-state index in [4.69, 9.17) is 40.3 Å². The average Bonchev–Trinajstić information content (AvgIpc) is 3.57. The lowest BCUT2D eigenvalue weighted by molar-refractivity contribution is -0.112. The number of aromatic nitrogens is 3. The smallest absolute Gasteiger partial charge is 0.319 e. The summed E-state index contributed by atoms with van der Waals surface area (Å²) in [6.45, 7) is 7.52. The van der Waals surface area contributed by atoms with Crippen LogP contribution in [0.4, 0.5) is 14.6 Å². The second kappa shape index (κ2) is 14.3. The largest absolute Gasteiger partial charge is 0.480 e. The molecule has 10 nitrogen and oxygen atoms in total. The van der Waals surface area contributed by atoms with Gasteiger partial charge in [0.25, 0.3) is 0 Å². The van der Waals surface area contributed by atoms with Gasteiger partial charge < -0.3 is 29.0 Å². The summed E-state index contributed by atoms with van der Waals surface area (Å²) >= 11 is 0. The Morgan fingerprint density at radius 1 is 1.04 bits per heavy atom. The van der Waals surface area contributed by atoms with Crippen molar-refractivity contribution in [3.8, 4) is 35.5 Å². The Hall–Kier alpha value is -4.15. The summed E-state index contributed by atoms with van der Waals surface area (Å²) in [5, 5.41) is 12.6. The number of terminal acetylenes is 1. The maximum atomic E-state index is 17.4. The molecule has 1 spiro atoms. The maximum Gasteiger partial charge on any atom is 0.319 e. The molecule has 2 unspecified atom stereocenters. The minimum absolute atomic E-state index is 0.0169. The molecule has 4 atom stereocenters. The molecule has 2 saturated carbocycles. The zero-order chi connectivity index (χ0) is 38.8. The van der Waals surface area contributed by atoms with Gasteiger partial charge in [-0.15, -0.1) is 6.42 Å². The number of methoxy groups -OCH3 is 1. The summed E-state index contributed by atoms with van der Waals surface area (Å²) in [6.07, 6.45) is 15.8. The van der Waals surface area contributed by atoms with E-state index in [2.05, 4.69) is 10.8 Å². The lowest BCUT2D eigenvalue weighted by Crippen LogP contribution is -2.61. The van der Waals surface area contributed by atoms with Gasteiger partial charge in [0, 0.05) is 48.2 Å². The summed E-state index contributed by atoms with van der Waals surface area (Å²) in [6, 6.07) is 9.18. The molecular formula is C44H51F2N5O5. The topological polar surface area (TPSA) is 102 Å². The van der Waals surface area contributed by atoms with Gasteiger partial charge in [-0.05, 0) is 88.6 Å². The molecule has 296 valence electrons. The highest BCUT2D eigenvalue weighted by molar-refractivity contribution is 6.03. The molecule has 2 aromatic heterocycles. The predicted molar refractivity (Wildman–Crippen MR) is 210 cm³/mol. The van der Waals surface area contributed by atoms with Crippen molar-refractivity contribution in [2.75, 3.05) is 58.1 Å². The molecule has 4 aromatic rings. The molecule has 5 heterocycles. The standard InChI is InChI=1S/C44H51F2N5O5/c1-5-30-32(45)13-12-28-9-6-10-31(34(28)30)37-36(46)38-35(40(47-37)53-4)39(50-23-27(2)55-25-42(3,52)24-50)49-41(48-38)56-26-44-14-7-11-33(44)51(18-8-15-44)29-21-43(22-29)16-19-54-20-17-43/h1,6,9-10,12-13,27,29,33,52H,7-8,11,14-26H2,2-4H3/t27-,33?,42-,44?/m0/s1. The third-order valence-corrected chi connectivity index (χ3v) is 13.5. The molecule has 56 heavy (non-hydrogen) atoms. The van der Waals surface area contributed by atoms with Gasteiger partial charge in [0.05, 0.1) is 38.5 Å². The number of piperidine rings is 1. The number of hydrogen-bond acceptors (Lipinski definition) is 10. The zero-order valence-corrected chi connectivity index (χ0v) is 32.6. The second-order valence-corrected chi connectivity index (χ2v) is 17.4. The van der Waals surface area contributed by atoms with Crippen LogP contribution in [-0.4, -0.2) is 102 Å². The van der Waals surface area contributed by atoms with Crippen molar-refractivity contribution in [2.24, 2.45) is 10.8 Å². The van der Waals surface area contributed by atoms with E-state index in [9.17, 15) is 5.11 Å². The fourth-order valence-corrected chi connectivity index (χ4v) is 10.8. The lowest BCUT2D eigenvalue weighted by Gasteiger charge is -2.58. The molecule has 3 saturated heterocycles. The molecule has 1 N–H and O–H groups in total. The number of likely N-dealkylation sites (tertiary alicyclic amines) is 1. The molecule has 0 radical (unpaired) electrons. The monoisotopic (exact) mass is 767 g/mol. The van der Waals surface area contributed by atoms with Gasteiger partial charge in [-0.1, -0.05) is 36.6 Å². The molecule has 3 aliphatic heterocycles. The fourth-order valence-electron chi connectivity index (χ4n) is 10.8. The number of pyridine rings is 1. The molecule has 12 heteroatoms. The number of ether oxygens (including phenoxy) is 4. The van der Waals surface area contributed by atoms with Crippen LogP contribution in [0.2, 0.25) is 0 Å². The molecule has 0 amide bonds. The molecule has 2 aliphatic carbocycles. The van der Waals surface area contributed by atoms with Crippen LogP contribution in [0.3, 0.4) is 0 Å². The van der Waals surface area contributed by atoms with Gasteiger partial charge in [-0.25, -0.2) is 13.8 Å². The first-order chi connectivity index (χ1) is 27.0. The number of aliphatic hydroxyl groups is 1. The quantitative estimate of drug-likeness (QED) is 0.197. The minimum Gasteiger partial charge on any atom is -0.480 e. The highest BCUT2D eigenvalue weighted by Crippen LogP contribution is 2.56. The minimum atomic E-state index is -1.23.